The van der Waals surface area contributed by atoms with Gasteiger partial charge in [-0.3, -0.25) is 9.78 Å². The van der Waals surface area contributed by atoms with E-state index < -0.39 is 6.10 Å². The Balaban J connectivity index is 1.32. The average molecular weight is 387 g/mol. The highest BCUT2D eigenvalue weighted by molar-refractivity contribution is 6.06. The van der Waals surface area contributed by atoms with Crippen molar-refractivity contribution in [1.82, 2.24) is 4.98 Å². The molecule has 1 aliphatic rings. The van der Waals surface area contributed by atoms with Gasteiger partial charge in [-0.2, -0.15) is 0 Å². The number of nitrogens with zero attached hydrogens (tertiary/aromatic N) is 2. The summed E-state index contributed by atoms with van der Waals surface area (Å²) in [5, 5.41) is 6.97. The molecule has 2 heterocycles. The van der Waals surface area contributed by atoms with Crippen LogP contribution in [-0.4, -0.2) is 29.8 Å². The first-order chi connectivity index (χ1) is 14.2. The van der Waals surface area contributed by atoms with E-state index in [1.165, 1.54) is 5.56 Å². The third-order valence-electron chi connectivity index (χ3n) is 4.76. The number of hydrogen-bond donors (Lipinski definition) is 1. The lowest BCUT2D eigenvalue weighted by Crippen LogP contribution is -2.28. The van der Waals surface area contributed by atoms with Crippen molar-refractivity contribution in [2.24, 2.45) is 5.16 Å². The summed E-state index contributed by atoms with van der Waals surface area (Å²) in [4.78, 5) is 21.9. The number of amides is 1. The van der Waals surface area contributed by atoms with Crippen molar-refractivity contribution in [1.29, 1.82) is 0 Å². The molecule has 6 heteroatoms. The van der Waals surface area contributed by atoms with Crippen LogP contribution in [0, 0.1) is 0 Å². The molecule has 0 fully saturated rings. The normalized spacial score (nSPS) is 15.3. The number of carbonyl (C=O) groups excluding carboxylic acids is 1. The Hall–Kier alpha value is -3.67. The SMILES string of the molecule is COc1ccc(C2=NOC(C(=O)Nc3ccc(Cc4ccncc4)cc3)C2)cc1. The van der Waals surface area contributed by atoms with Crippen LogP contribution >= 0.6 is 0 Å². The number of aromatic nitrogens is 1. The molecule has 146 valence electrons. The first-order valence-corrected chi connectivity index (χ1v) is 9.37. The van der Waals surface area contributed by atoms with Crippen LogP contribution in [0.3, 0.4) is 0 Å². The fourth-order valence-corrected chi connectivity index (χ4v) is 3.14. The molecule has 1 aliphatic heterocycles. The summed E-state index contributed by atoms with van der Waals surface area (Å²) in [7, 11) is 1.62. The molecular weight excluding hydrogens is 366 g/mol. The predicted molar refractivity (Wildman–Crippen MR) is 111 cm³/mol. The molecule has 29 heavy (non-hydrogen) atoms. The van der Waals surface area contributed by atoms with Gasteiger partial charge >= 0.3 is 0 Å². The minimum Gasteiger partial charge on any atom is -0.497 e. The zero-order valence-electron chi connectivity index (χ0n) is 16.0. The van der Waals surface area contributed by atoms with Crippen molar-refractivity contribution in [3.05, 3.63) is 89.7 Å². The summed E-state index contributed by atoms with van der Waals surface area (Å²) in [6.45, 7) is 0. The minimum atomic E-state index is -0.636. The number of pyridine rings is 1. The molecule has 2 aromatic carbocycles. The van der Waals surface area contributed by atoms with E-state index in [9.17, 15) is 4.79 Å². The van der Waals surface area contributed by atoms with E-state index in [1.807, 2.05) is 60.7 Å². The Morgan fingerprint density at radius 1 is 1.03 bits per heavy atom. The second-order valence-electron chi connectivity index (χ2n) is 6.78. The van der Waals surface area contributed by atoms with E-state index in [-0.39, 0.29) is 5.91 Å². The predicted octanol–water partition coefficient (Wildman–Crippen LogP) is 3.81. The van der Waals surface area contributed by atoms with Crippen LogP contribution in [0.15, 0.2) is 78.2 Å². The molecule has 1 unspecified atom stereocenters. The van der Waals surface area contributed by atoms with Gasteiger partial charge in [-0.1, -0.05) is 17.3 Å². The fraction of sp³-hybridized carbons (Fsp3) is 0.174. The lowest BCUT2D eigenvalue weighted by atomic mass is 10.0. The van der Waals surface area contributed by atoms with Crippen molar-refractivity contribution in [2.45, 2.75) is 18.9 Å². The van der Waals surface area contributed by atoms with Crippen molar-refractivity contribution < 1.29 is 14.4 Å². The number of benzene rings is 2. The zero-order chi connectivity index (χ0) is 20.1. The first-order valence-electron chi connectivity index (χ1n) is 9.37. The van der Waals surface area contributed by atoms with Gasteiger partial charge in [0.25, 0.3) is 5.91 Å². The molecule has 1 atom stereocenters. The average Bonchev–Trinajstić information content (AvgIpc) is 3.26. The Morgan fingerprint density at radius 3 is 2.41 bits per heavy atom. The van der Waals surface area contributed by atoms with E-state index in [0.29, 0.717) is 6.42 Å². The van der Waals surface area contributed by atoms with E-state index >= 15 is 0 Å². The van der Waals surface area contributed by atoms with Crippen LogP contribution in [0.2, 0.25) is 0 Å². The largest absolute Gasteiger partial charge is 0.497 e. The monoisotopic (exact) mass is 387 g/mol. The van der Waals surface area contributed by atoms with Gasteiger partial charge < -0.3 is 14.9 Å². The second kappa shape index (κ2) is 8.56. The molecule has 0 spiro atoms. The van der Waals surface area contributed by atoms with Gasteiger partial charge in [-0.15, -0.1) is 0 Å². The van der Waals surface area contributed by atoms with Gasteiger partial charge in [-0.05, 0) is 71.6 Å². The van der Waals surface area contributed by atoms with Gasteiger partial charge in [0.2, 0.25) is 6.10 Å². The van der Waals surface area contributed by atoms with Crippen molar-refractivity contribution in [2.75, 3.05) is 12.4 Å². The molecule has 0 aliphatic carbocycles. The maximum atomic E-state index is 12.5. The Kier molecular flexibility index (Phi) is 5.52. The number of anilines is 1. The van der Waals surface area contributed by atoms with Crippen LogP contribution in [-0.2, 0) is 16.1 Å². The van der Waals surface area contributed by atoms with E-state index in [1.54, 1.807) is 19.5 Å². The highest BCUT2D eigenvalue weighted by Gasteiger charge is 2.29. The van der Waals surface area contributed by atoms with Crippen LogP contribution in [0.5, 0.6) is 5.75 Å². The number of oxime groups is 1. The van der Waals surface area contributed by atoms with E-state index in [2.05, 4.69) is 15.5 Å². The Bertz CT molecular complexity index is 1000. The van der Waals surface area contributed by atoms with Gasteiger partial charge in [0.05, 0.1) is 12.8 Å². The summed E-state index contributed by atoms with van der Waals surface area (Å²) in [5.41, 5.74) is 4.76. The molecule has 0 saturated heterocycles. The lowest BCUT2D eigenvalue weighted by Gasteiger charge is -2.10. The third kappa shape index (κ3) is 4.60. The highest BCUT2D eigenvalue weighted by atomic mass is 16.6. The van der Waals surface area contributed by atoms with Crippen molar-refractivity contribution >= 4 is 17.3 Å². The van der Waals surface area contributed by atoms with Crippen LogP contribution in [0.4, 0.5) is 5.69 Å². The molecule has 1 aromatic heterocycles. The molecule has 1 N–H and O–H groups in total. The van der Waals surface area contributed by atoms with Gasteiger partial charge in [0.15, 0.2) is 0 Å². The molecule has 3 aromatic rings. The van der Waals surface area contributed by atoms with Gasteiger partial charge in [0, 0.05) is 24.5 Å². The van der Waals surface area contributed by atoms with Crippen LogP contribution in [0.1, 0.15) is 23.1 Å². The maximum absolute atomic E-state index is 12.5. The molecular formula is C23H21N3O3. The second-order valence-corrected chi connectivity index (χ2v) is 6.78. The number of carbonyl (C=O) groups is 1. The number of ether oxygens (including phenoxy) is 1. The summed E-state index contributed by atoms with van der Waals surface area (Å²) in [6.07, 6.45) is 4.19. The summed E-state index contributed by atoms with van der Waals surface area (Å²) >= 11 is 0. The van der Waals surface area contributed by atoms with E-state index in [0.717, 1.165) is 34.7 Å². The highest BCUT2D eigenvalue weighted by Crippen LogP contribution is 2.21. The molecule has 1 amide bonds. The Morgan fingerprint density at radius 2 is 1.72 bits per heavy atom. The first kappa shape index (κ1) is 18.7. The van der Waals surface area contributed by atoms with E-state index in [4.69, 9.17) is 9.57 Å². The summed E-state index contributed by atoms with van der Waals surface area (Å²) in [5.74, 6) is 0.564. The number of hydrogen-bond acceptors (Lipinski definition) is 5. The smallest absolute Gasteiger partial charge is 0.268 e. The van der Waals surface area contributed by atoms with Crippen molar-refractivity contribution in [3.63, 3.8) is 0 Å². The number of nitrogens with one attached hydrogen (secondary N) is 1. The molecule has 4 rings (SSSR count). The third-order valence-corrected chi connectivity index (χ3v) is 4.76. The summed E-state index contributed by atoms with van der Waals surface area (Å²) < 4.78 is 5.16. The standard InChI is InChI=1S/C23H21N3O3/c1-28-20-8-4-18(5-9-20)21-15-22(29-26-21)23(27)25-19-6-2-16(3-7-19)14-17-10-12-24-13-11-17/h2-13,22H,14-15H2,1H3,(H,25,27). The summed E-state index contributed by atoms with van der Waals surface area (Å²) in [6, 6.07) is 19.3. The van der Waals surface area contributed by atoms with Crippen LogP contribution < -0.4 is 10.1 Å². The Labute approximate surface area is 169 Å². The molecule has 0 saturated carbocycles. The molecule has 6 nitrogen and oxygen atoms in total. The topological polar surface area (TPSA) is 72.8 Å². The maximum Gasteiger partial charge on any atom is 0.268 e. The molecule has 0 radical (unpaired) electrons. The van der Waals surface area contributed by atoms with Crippen molar-refractivity contribution in [3.8, 4) is 5.75 Å². The quantitative estimate of drug-likeness (QED) is 0.698. The zero-order valence-corrected chi connectivity index (χ0v) is 16.0. The number of methoxy groups -OCH3 is 1. The van der Waals surface area contributed by atoms with Gasteiger partial charge in [0.1, 0.15) is 5.75 Å². The van der Waals surface area contributed by atoms with Gasteiger partial charge in [-0.25, -0.2) is 0 Å². The number of rotatable bonds is 6. The fourth-order valence-electron chi connectivity index (χ4n) is 3.14. The van der Waals surface area contributed by atoms with Crippen LogP contribution in [0.25, 0.3) is 0 Å². The lowest BCUT2D eigenvalue weighted by molar-refractivity contribution is -0.125. The molecule has 0 bridgehead atoms. The minimum absolute atomic E-state index is 0.209.